The van der Waals surface area contributed by atoms with E-state index in [0.29, 0.717) is 34.5 Å². The second kappa shape index (κ2) is 11.0. The lowest BCUT2D eigenvalue weighted by Crippen LogP contribution is -2.53. The Bertz CT molecular complexity index is 1450. The third-order valence-corrected chi connectivity index (χ3v) is 9.50. The van der Waals surface area contributed by atoms with Gasteiger partial charge in [0.1, 0.15) is 17.2 Å². The molecule has 6 rings (SSSR count). The van der Waals surface area contributed by atoms with E-state index >= 15 is 0 Å². The van der Waals surface area contributed by atoms with E-state index in [2.05, 4.69) is 51.6 Å². The topological polar surface area (TPSA) is 116 Å². The molecule has 2 saturated carbocycles. The van der Waals surface area contributed by atoms with E-state index < -0.39 is 5.66 Å². The van der Waals surface area contributed by atoms with Crippen molar-refractivity contribution in [1.82, 2.24) is 30.8 Å². The predicted molar refractivity (Wildman–Crippen MR) is 156 cm³/mol. The van der Waals surface area contributed by atoms with Gasteiger partial charge in [0.05, 0.1) is 12.6 Å². The number of tetrazole rings is 1. The van der Waals surface area contributed by atoms with Crippen molar-refractivity contribution in [3.05, 3.63) is 76.9 Å². The molecule has 2 heterocycles. The smallest absolute Gasteiger partial charge is 0.275 e. The van der Waals surface area contributed by atoms with Crippen molar-refractivity contribution < 1.29 is 14.0 Å². The maximum Gasteiger partial charge on any atom is 0.275 e. The highest BCUT2D eigenvalue weighted by atomic mass is 19.1. The first-order valence-corrected chi connectivity index (χ1v) is 14.9. The third-order valence-electron chi connectivity index (χ3n) is 9.50. The van der Waals surface area contributed by atoms with Crippen LogP contribution in [0.3, 0.4) is 0 Å². The maximum absolute atomic E-state index is 14.4. The second-order valence-corrected chi connectivity index (χ2v) is 13.0. The molecular weight excluding hydrogens is 533 g/mol. The fourth-order valence-electron chi connectivity index (χ4n) is 6.83. The molecule has 1 unspecified atom stereocenters. The summed E-state index contributed by atoms with van der Waals surface area (Å²) in [7, 11) is 0. The van der Waals surface area contributed by atoms with Crippen molar-refractivity contribution in [2.45, 2.75) is 84.0 Å². The Balaban J connectivity index is 1.32. The first-order chi connectivity index (χ1) is 20.1. The largest absolute Gasteiger partial charge is 0.345 e. The molecule has 2 fully saturated rings. The van der Waals surface area contributed by atoms with E-state index in [4.69, 9.17) is 4.99 Å². The van der Waals surface area contributed by atoms with Crippen molar-refractivity contribution >= 4 is 17.5 Å². The summed E-state index contributed by atoms with van der Waals surface area (Å²) in [5.74, 6) is 0.610. The SMILES string of the molecule is CC(C)(C)C1CCC2(CC1)N=C(c1ccc(F)cc1)C(=O)N2C(c1ccc(C(=O)NCc2nn[nH]n2)cc1)C1CCC1. The molecule has 1 aromatic heterocycles. The van der Waals surface area contributed by atoms with Gasteiger partial charge < -0.3 is 10.2 Å². The van der Waals surface area contributed by atoms with Crippen LogP contribution in [0, 0.1) is 23.1 Å². The highest BCUT2D eigenvalue weighted by Gasteiger charge is 2.54. The van der Waals surface area contributed by atoms with Crippen LogP contribution in [0.4, 0.5) is 4.39 Å². The molecule has 2 aromatic carbocycles. The number of carbonyl (C=O) groups is 2. The van der Waals surface area contributed by atoms with Gasteiger partial charge in [0.25, 0.3) is 11.8 Å². The van der Waals surface area contributed by atoms with Crippen molar-refractivity contribution in [1.29, 1.82) is 0 Å². The van der Waals surface area contributed by atoms with Crippen LogP contribution in [-0.2, 0) is 11.3 Å². The van der Waals surface area contributed by atoms with Gasteiger partial charge in [-0.2, -0.15) is 5.21 Å². The molecule has 1 spiro atoms. The molecule has 0 radical (unpaired) electrons. The van der Waals surface area contributed by atoms with Crippen LogP contribution in [0.15, 0.2) is 53.5 Å². The molecule has 220 valence electrons. The van der Waals surface area contributed by atoms with Crippen molar-refractivity contribution in [3.63, 3.8) is 0 Å². The molecule has 1 atom stereocenters. The Morgan fingerprint density at radius 3 is 2.33 bits per heavy atom. The minimum absolute atomic E-state index is 0.0883. The number of carbonyl (C=O) groups excluding carboxylic acids is 2. The number of hydrogen-bond acceptors (Lipinski definition) is 6. The van der Waals surface area contributed by atoms with Gasteiger partial charge >= 0.3 is 0 Å². The van der Waals surface area contributed by atoms with Crippen LogP contribution in [0.5, 0.6) is 0 Å². The van der Waals surface area contributed by atoms with Gasteiger partial charge in [-0.15, -0.1) is 10.2 Å². The average Bonchev–Trinajstić information content (AvgIpc) is 3.56. The number of aromatic nitrogens is 4. The zero-order valence-electron chi connectivity index (χ0n) is 24.4. The number of rotatable bonds is 7. The Labute approximate surface area is 245 Å². The average molecular weight is 572 g/mol. The molecular formula is C32H38FN7O2. The first kappa shape index (κ1) is 28.2. The summed E-state index contributed by atoms with van der Waals surface area (Å²) in [4.78, 5) is 34.5. The van der Waals surface area contributed by atoms with Crippen LogP contribution < -0.4 is 5.32 Å². The van der Waals surface area contributed by atoms with E-state index in [-0.39, 0.29) is 35.6 Å². The van der Waals surface area contributed by atoms with Crippen LogP contribution in [0.1, 0.15) is 99.1 Å². The number of H-pyrrole nitrogens is 1. The van der Waals surface area contributed by atoms with Crippen LogP contribution in [0.25, 0.3) is 0 Å². The molecule has 10 heteroatoms. The first-order valence-electron chi connectivity index (χ1n) is 14.9. The highest BCUT2D eigenvalue weighted by molar-refractivity contribution is 6.46. The van der Waals surface area contributed by atoms with Crippen LogP contribution in [-0.4, -0.2) is 48.7 Å². The molecule has 3 aliphatic rings. The van der Waals surface area contributed by atoms with Gasteiger partial charge in [-0.25, -0.2) is 4.39 Å². The molecule has 42 heavy (non-hydrogen) atoms. The second-order valence-electron chi connectivity index (χ2n) is 13.0. The Kier molecular flexibility index (Phi) is 7.41. The summed E-state index contributed by atoms with van der Waals surface area (Å²) in [5, 5.41) is 16.4. The molecule has 1 aliphatic heterocycles. The monoisotopic (exact) mass is 571 g/mol. The summed E-state index contributed by atoms with van der Waals surface area (Å²) >= 11 is 0. The van der Waals surface area contributed by atoms with Crippen LogP contribution >= 0.6 is 0 Å². The standard InChI is InChI=1S/C32H38FN7O2/c1-31(2,3)24-15-17-32(18-16-24)35-27(20-11-13-25(33)14-12-20)30(42)40(32)28(21-5-4-6-21)22-7-9-23(10-8-22)29(41)34-19-26-36-38-39-37-26/h7-14,21,24,28H,4-6,15-19H2,1-3H3,(H,34,41)(H,36,37,38,39). The normalized spacial score (nSPS) is 23.5. The molecule has 2 amide bonds. The predicted octanol–water partition coefficient (Wildman–Crippen LogP) is 5.37. The van der Waals surface area contributed by atoms with E-state index in [1.807, 2.05) is 24.3 Å². The number of hydrogen-bond donors (Lipinski definition) is 2. The molecule has 3 aromatic rings. The van der Waals surface area contributed by atoms with Gasteiger partial charge in [-0.3, -0.25) is 14.6 Å². The number of benzene rings is 2. The van der Waals surface area contributed by atoms with Gasteiger partial charge in [0.2, 0.25) is 0 Å². The highest BCUT2D eigenvalue weighted by Crippen LogP contribution is 2.52. The third kappa shape index (κ3) is 5.34. The number of nitrogens with one attached hydrogen (secondary N) is 2. The van der Waals surface area contributed by atoms with Crippen molar-refractivity contribution in [2.24, 2.45) is 22.2 Å². The molecule has 0 bridgehead atoms. The summed E-state index contributed by atoms with van der Waals surface area (Å²) in [6.45, 7) is 7.04. The Hall–Kier alpha value is -3.95. The minimum atomic E-state index is -0.635. The summed E-state index contributed by atoms with van der Waals surface area (Å²) in [5.41, 5.74) is 2.16. The quantitative estimate of drug-likeness (QED) is 0.395. The van der Waals surface area contributed by atoms with Crippen LogP contribution in [0.2, 0.25) is 0 Å². The number of halogens is 1. The lowest BCUT2D eigenvalue weighted by molar-refractivity contribution is -0.136. The van der Waals surface area contributed by atoms with Crippen molar-refractivity contribution in [2.75, 3.05) is 0 Å². The zero-order valence-corrected chi connectivity index (χ0v) is 24.4. The summed E-state index contributed by atoms with van der Waals surface area (Å²) < 4.78 is 13.8. The molecule has 9 nitrogen and oxygen atoms in total. The fraction of sp³-hybridized carbons (Fsp3) is 0.500. The lowest BCUT2D eigenvalue weighted by atomic mass is 9.68. The molecule has 2 N–H and O–H groups in total. The molecule has 0 saturated heterocycles. The van der Waals surface area contributed by atoms with E-state index in [0.717, 1.165) is 50.5 Å². The van der Waals surface area contributed by atoms with Gasteiger partial charge in [-0.1, -0.05) is 44.5 Å². The van der Waals surface area contributed by atoms with E-state index in [1.54, 1.807) is 12.1 Å². The van der Waals surface area contributed by atoms with Gasteiger partial charge in [-0.05, 0) is 97.7 Å². The van der Waals surface area contributed by atoms with Gasteiger partial charge in [0.15, 0.2) is 5.82 Å². The number of nitrogens with zero attached hydrogens (tertiary/aromatic N) is 5. The lowest BCUT2D eigenvalue weighted by Gasteiger charge is -2.50. The maximum atomic E-state index is 14.4. The van der Waals surface area contributed by atoms with Crippen molar-refractivity contribution in [3.8, 4) is 0 Å². The van der Waals surface area contributed by atoms with E-state index in [1.165, 1.54) is 12.1 Å². The zero-order chi connectivity index (χ0) is 29.5. The number of amides is 2. The summed E-state index contributed by atoms with van der Waals surface area (Å²) in [6.07, 6.45) is 6.78. The number of aromatic amines is 1. The fourth-order valence-corrected chi connectivity index (χ4v) is 6.83. The van der Waals surface area contributed by atoms with E-state index in [9.17, 15) is 14.0 Å². The minimum Gasteiger partial charge on any atom is -0.345 e. The Morgan fingerprint density at radius 2 is 1.76 bits per heavy atom. The Morgan fingerprint density at radius 1 is 1.07 bits per heavy atom. The number of aliphatic imine (C=N–C) groups is 1. The summed E-state index contributed by atoms with van der Waals surface area (Å²) in [6, 6.07) is 13.5. The van der Waals surface area contributed by atoms with Gasteiger partial charge in [0, 0.05) is 11.1 Å². The molecule has 2 aliphatic carbocycles.